The quantitative estimate of drug-likeness (QED) is 0.0194. The third-order valence-electron chi connectivity index (χ3n) is 7.80. The molecule has 9 nitrogen and oxygen atoms in total. The summed E-state index contributed by atoms with van der Waals surface area (Å²) < 4.78 is 26.1. The van der Waals surface area contributed by atoms with E-state index in [1.54, 1.807) is 12.2 Å². The van der Waals surface area contributed by atoms with Crippen molar-refractivity contribution in [2.75, 3.05) is 13.2 Å². The molecule has 0 saturated heterocycles. The van der Waals surface area contributed by atoms with Gasteiger partial charge in [-0.3, -0.25) is 14.1 Å². The minimum absolute atomic E-state index is 0.0314. The molecule has 0 saturated carbocycles. The van der Waals surface area contributed by atoms with E-state index >= 15 is 0 Å². The summed E-state index contributed by atoms with van der Waals surface area (Å²) >= 11 is 0. The number of carbonyl (C=O) groups is 2. The molecule has 0 radical (unpaired) electrons. The molecule has 0 aromatic rings. The van der Waals surface area contributed by atoms with Gasteiger partial charge in [-0.05, 0) is 77.0 Å². The van der Waals surface area contributed by atoms with Crippen molar-refractivity contribution in [1.82, 2.24) is 0 Å². The van der Waals surface area contributed by atoms with Gasteiger partial charge in [0.05, 0.1) is 12.7 Å². The van der Waals surface area contributed by atoms with E-state index in [9.17, 15) is 19.3 Å². The lowest BCUT2D eigenvalue weighted by molar-refractivity contribution is -0.161. The SMILES string of the molecule is CCCCC/C=C\C/C=C\C/C=C\CCCCC(=O)O[C@H](COC(=O)CCCC(O)/C=C/C=C/C/C=C/CCCCCCCC)COP(=O)(O)O. The van der Waals surface area contributed by atoms with Crippen LogP contribution in [-0.2, 0) is 28.2 Å². The predicted molar refractivity (Wildman–Crippen MR) is 208 cm³/mol. The van der Waals surface area contributed by atoms with Crippen LogP contribution in [0.15, 0.2) is 72.9 Å². The highest BCUT2D eigenvalue weighted by atomic mass is 31.2. The predicted octanol–water partition coefficient (Wildman–Crippen LogP) is 10.5. The molecule has 0 aliphatic heterocycles. The molecule has 2 atom stereocenters. The van der Waals surface area contributed by atoms with Gasteiger partial charge in [0.25, 0.3) is 0 Å². The van der Waals surface area contributed by atoms with Crippen LogP contribution in [0.5, 0.6) is 0 Å². The number of aliphatic hydroxyl groups excluding tert-OH is 1. The number of ether oxygens (including phenoxy) is 2. The standard InChI is InChI=1S/C41H69O9P/c1-3-5-7-9-11-13-15-17-18-20-22-24-26-28-30-34-41(44)50-39(37-49-51(45,46)47)36-48-40(43)35-31-33-38(42)32-29-27-25-23-21-19-16-14-12-10-8-6-4-2/h11,13,17-19,21-22,24-25,27,29,32,38-39,42H,3-10,12,14-16,20,23,26,28,30-31,33-37H2,1-2H3,(H2,45,46,47)/b13-11-,18-17-,21-19+,24-22-,27-25+,32-29+/t38?,39-/m1/s1. The molecule has 10 heteroatoms. The van der Waals surface area contributed by atoms with Gasteiger partial charge in [-0.25, -0.2) is 4.57 Å². The van der Waals surface area contributed by atoms with Gasteiger partial charge in [-0.1, -0.05) is 132 Å². The summed E-state index contributed by atoms with van der Waals surface area (Å²) in [6.07, 6.45) is 42.3. The van der Waals surface area contributed by atoms with Crippen LogP contribution in [0.2, 0.25) is 0 Å². The molecule has 1 unspecified atom stereocenters. The molecular formula is C41H69O9P. The molecule has 51 heavy (non-hydrogen) atoms. The second kappa shape index (κ2) is 35.8. The number of carbonyl (C=O) groups excluding carboxylic acids is 2. The van der Waals surface area contributed by atoms with Crippen LogP contribution in [0.3, 0.4) is 0 Å². The number of esters is 2. The Bertz CT molecular complexity index is 1070. The maximum absolute atomic E-state index is 12.4. The van der Waals surface area contributed by atoms with E-state index in [1.165, 1.54) is 57.8 Å². The fraction of sp³-hybridized carbons (Fsp3) is 0.659. The van der Waals surface area contributed by atoms with Crippen LogP contribution in [-0.4, -0.2) is 52.3 Å². The number of allylic oxidation sites excluding steroid dienone is 11. The van der Waals surface area contributed by atoms with Gasteiger partial charge in [-0.2, -0.15) is 0 Å². The van der Waals surface area contributed by atoms with Crippen LogP contribution >= 0.6 is 7.82 Å². The van der Waals surface area contributed by atoms with Gasteiger partial charge >= 0.3 is 19.8 Å². The summed E-state index contributed by atoms with van der Waals surface area (Å²) in [4.78, 5) is 42.7. The van der Waals surface area contributed by atoms with Crippen LogP contribution in [0.1, 0.15) is 149 Å². The molecule has 0 rings (SSSR count). The molecule has 0 spiro atoms. The highest BCUT2D eigenvalue weighted by Gasteiger charge is 2.23. The zero-order valence-electron chi connectivity index (χ0n) is 31.6. The highest BCUT2D eigenvalue weighted by molar-refractivity contribution is 7.46. The van der Waals surface area contributed by atoms with Gasteiger partial charge < -0.3 is 24.4 Å². The van der Waals surface area contributed by atoms with E-state index < -0.39 is 45.2 Å². The zero-order chi connectivity index (χ0) is 37.7. The van der Waals surface area contributed by atoms with Gasteiger partial charge in [0.15, 0.2) is 6.10 Å². The highest BCUT2D eigenvalue weighted by Crippen LogP contribution is 2.36. The van der Waals surface area contributed by atoms with Crippen molar-refractivity contribution in [2.24, 2.45) is 0 Å². The van der Waals surface area contributed by atoms with E-state index in [-0.39, 0.29) is 12.8 Å². The van der Waals surface area contributed by atoms with Crippen molar-refractivity contribution >= 4 is 19.8 Å². The minimum Gasteiger partial charge on any atom is -0.462 e. The maximum Gasteiger partial charge on any atom is 0.469 e. The molecule has 0 aliphatic carbocycles. The fourth-order valence-electron chi connectivity index (χ4n) is 4.86. The van der Waals surface area contributed by atoms with Crippen molar-refractivity contribution in [3.63, 3.8) is 0 Å². The Kier molecular flexibility index (Phi) is 34.0. The van der Waals surface area contributed by atoms with E-state index in [2.05, 4.69) is 67.0 Å². The first-order valence-corrected chi connectivity index (χ1v) is 20.9. The third-order valence-corrected chi connectivity index (χ3v) is 8.29. The third kappa shape index (κ3) is 38.5. The van der Waals surface area contributed by atoms with Crippen molar-refractivity contribution in [1.29, 1.82) is 0 Å². The van der Waals surface area contributed by atoms with Crippen LogP contribution in [0.4, 0.5) is 0 Å². The van der Waals surface area contributed by atoms with Gasteiger partial charge in [-0.15, -0.1) is 0 Å². The molecule has 0 heterocycles. The lowest BCUT2D eigenvalue weighted by Crippen LogP contribution is -2.29. The molecule has 0 amide bonds. The Morgan fingerprint density at radius 3 is 1.75 bits per heavy atom. The lowest BCUT2D eigenvalue weighted by atomic mass is 10.1. The first-order chi connectivity index (χ1) is 24.7. The minimum atomic E-state index is -4.81. The number of phosphoric ester groups is 1. The lowest BCUT2D eigenvalue weighted by Gasteiger charge is -2.18. The molecule has 0 bridgehead atoms. The molecule has 0 fully saturated rings. The van der Waals surface area contributed by atoms with Gasteiger partial charge in [0.1, 0.15) is 6.61 Å². The topological polar surface area (TPSA) is 140 Å². The van der Waals surface area contributed by atoms with E-state index in [0.29, 0.717) is 19.3 Å². The van der Waals surface area contributed by atoms with Crippen molar-refractivity contribution < 1.29 is 43.0 Å². The zero-order valence-corrected chi connectivity index (χ0v) is 32.5. The van der Waals surface area contributed by atoms with E-state index in [4.69, 9.17) is 19.3 Å². The average molecular weight is 737 g/mol. The Hall–Kier alpha value is -2.55. The first-order valence-electron chi connectivity index (χ1n) is 19.3. The van der Waals surface area contributed by atoms with Crippen molar-refractivity contribution in [3.8, 4) is 0 Å². The largest absolute Gasteiger partial charge is 0.469 e. The summed E-state index contributed by atoms with van der Waals surface area (Å²) in [5.74, 6) is -1.13. The Balaban J connectivity index is 4.24. The maximum atomic E-state index is 12.4. The Morgan fingerprint density at radius 2 is 1.12 bits per heavy atom. The van der Waals surface area contributed by atoms with Crippen LogP contribution in [0.25, 0.3) is 0 Å². The number of hydrogen-bond donors (Lipinski definition) is 3. The van der Waals surface area contributed by atoms with Crippen molar-refractivity contribution in [3.05, 3.63) is 72.9 Å². The average Bonchev–Trinajstić information content (AvgIpc) is 3.09. The van der Waals surface area contributed by atoms with E-state index in [0.717, 1.165) is 44.9 Å². The second-order valence-electron chi connectivity index (χ2n) is 12.7. The molecule has 292 valence electrons. The molecule has 3 N–H and O–H groups in total. The summed E-state index contributed by atoms with van der Waals surface area (Å²) in [7, 11) is -4.81. The van der Waals surface area contributed by atoms with E-state index in [1.807, 2.05) is 12.2 Å². The fourth-order valence-corrected chi connectivity index (χ4v) is 5.22. The van der Waals surface area contributed by atoms with Crippen molar-refractivity contribution in [2.45, 2.75) is 161 Å². The number of phosphoric acid groups is 1. The molecular weight excluding hydrogens is 667 g/mol. The Morgan fingerprint density at radius 1 is 0.608 bits per heavy atom. The summed E-state index contributed by atoms with van der Waals surface area (Å²) in [5.41, 5.74) is 0. The number of aliphatic hydroxyl groups is 1. The Labute approximate surface area is 309 Å². The van der Waals surface area contributed by atoms with Gasteiger partial charge in [0.2, 0.25) is 0 Å². The molecule has 0 aromatic carbocycles. The monoisotopic (exact) mass is 736 g/mol. The first kappa shape index (κ1) is 48.5. The van der Waals surface area contributed by atoms with Gasteiger partial charge in [0, 0.05) is 12.8 Å². The summed E-state index contributed by atoms with van der Waals surface area (Å²) in [6.45, 7) is 3.43. The number of rotatable bonds is 34. The van der Waals surface area contributed by atoms with Crippen LogP contribution < -0.4 is 0 Å². The van der Waals surface area contributed by atoms with Crippen LogP contribution in [0, 0.1) is 0 Å². The smallest absolute Gasteiger partial charge is 0.462 e. The molecule has 0 aromatic heterocycles. The summed E-state index contributed by atoms with van der Waals surface area (Å²) in [5, 5.41) is 10.2. The number of unbranched alkanes of at least 4 members (excludes halogenated alkanes) is 11. The second-order valence-corrected chi connectivity index (χ2v) is 14.0. The number of hydrogen-bond acceptors (Lipinski definition) is 7. The normalized spacial score (nSPS) is 13.9. The molecule has 0 aliphatic rings. The summed E-state index contributed by atoms with van der Waals surface area (Å²) in [6, 6.07) is 0.